The third-order valence-electron chi connectivity index (χ3n) is 4.06. The maximum absolute atomic E-state index is 5.84. The molecule has 0 radical (unpaired) electrons. The van der Waals surface area contributed by atoms with Gasteiger partial charge in [-0.15, -0.1) is 0 Å². The van der Waals surface area contributed by atoms with E-state index < -0.39 is 0 Å². The molecule has 0 bridgehead atoms. The summed E-state index contributed by atoms with van der Waals surface area (Å²) in [4.78, 5) is 6.86. The third-order valence-corrected chi connectivity index (χ3v) is 4.06. The first-order chi connectivity index (χ1) is 9.34. The van der Waals surface area contributed by atoms with Gasteiger partial charge in [-0.2, -0.15) is 0 Å². The number of guanidine groups is 1. The lowest BCUT2D eigenvalue weighted by atomic mass is 9.86. The molecule has 2 fully saturated rings. The first kappa shape index (κ1) is 14.6. The van der Waals surface area contributed by atoms with Crippen LogP contribution < -0.4 is 11.1 Å². The minimum atomic E-state index is 0.623. The number of hydrogen-bond donors (Lipinski definition) is 2. The van der Waals surface area contributed by atoms with Gasteiger partial charge in [-0.1, -0.05) is 6.42 Å². The fourth-order valence-corrected chi connectivity index (χ4v) is 2.46. The molecule has 2 aliphatic rings. The van der Waals surface area contributed by atoms with Crippen LogP contribution in [0.3, 0.4) is 0 Å². The van der Waals surface area contributed by atoms with Crippen molar-refractivity contribution >= 4 is 5.96 Å². The van der Waals surface area contributed by atoms with Crippen LogP contribution in [0.4, 0.5) is 0 Å². The minimum absolute atomic E-state index is 0.623. The molecule has 0 spiro atoms. The van der Waals surface area contributed by atoms with Crippen LogP contribution in [-0.4, -0.2) is 56.8 Å². The summed E-state index contributed by atoms with van der Waals surface area (Å²) in [7, 11) is 0. The van der Waals surface area contributed by atoms with Crippen molar-refractivity contribution in [2.45, 2.75) is 32.1 Å². The fraction of sp³-hybridized carbons (Fsp3) is 0.929. The van der Waals surface area contributed by atoms with E-state index in [0.29, 0.717) is 5.96 Å². The number of nitrogens with two attached hydrogens (primary N) is 1. The topological polar surface area (TPSA) is 62.9 Å². The standard InChI is InChI=1S/C14H28N4O/c15-14(17-12-13-4-3-5-13)16-6-1-2-7-18-8-10-19-11-9-18/h13H,1-12H2,(H3,15,16,17). The summed E-state index contributed by atoms with van der Waals surface area (Å²) in [5, 5.41) is 3.21. The first-order valence-electron chi connectivity index (χ1n) is 7.68. The Bertz CT molecular complexity index is 273. The van der Waals surface area contributed by atoms with E-state index in [1.54, 1.807) is 0 Å². The van der Waals surface area contributed by atoms with Crippen LogP contribution in [0.5, 0.6) is 0 Å². The lowest BCUT2D eigenvalue weighted by Crippen LogP contribution is -2.37. The van der Waals surface area contributed by atoms with Crippen molar-refractivity contribution in [3.63, 3.8) is 0 Å². The third kappa shape index (κ3) is 5.78. The molecule has 1 aliphatic carbocycles. The molecule has 19 heavy (non-hydrogen) atoms. The molecule has 2 rings (SSSR count). The van der Waals surface area contributed by atoms with Gasteiger partial charge in [-0.05, 0) is 38.1 Å². The molecule has 5 nitrogen and oxygen atoms in total. The smallest absolute Gasteiger partial charge is 0.188 e. The Morgan fingerprint density at radius 3 is 2.74 bits per heavy atom. The van der Waals surface area contributed by atoms with Crippen molar-refractivity contribution in [2.75, 3.05) is 45.9 Å². The summed E-state index contributed by atoms with van der Waals surface area (Å²) in [5.41, 5.74) is 5.84. The zero-order chi connectivity index (χ0) is 13.3. The van der Waals surface area contributed by atoms with E-state index in [9.17, 15) is 0 Å². The van der Waals surface area contributed by atoms with Gasteiger partial charge in [-0.3, -0.25) is 9.89 Å². The second kappa shape index (κ2) is 8.38. The monoisotopic (exact) mass is 268 g/mol. The van der Waals surface area contributed by atoms with Crippen LogP contribution in [-0.2, 0) is 4.74 Å². The largest absolute Gasteiger partial charge is 0.379 e. The van der Waals surface area contributed by atoms with Gasteiger partial charge < -0.3 is 15.8 Å². The predicted molar refractivity (Wildman–Crippen MR) is 78.3 cm³/mol. The molecule has 5 heteroatoms. The zero-order valence-electron chi connectivity index (χ0n) is 11.9. The molecule has 0 aromatic rings. The van der Waals surface area contributed by atoms with Crippen LogP contribution in [0.15, 0.2) is 4.99 Å². The Morgan fingerprint density at radius 2 is 2.05 bits per heavy atom. The van der Waals surface area contributed by atoms with E-state index >= 15 is 0 Å². The number of nitrogens with one attached hydrogen (secondary N) is 1. The van der Waals surface area contributed by atoms with Gasteiger partial charge in [0.15, 0.2) is 5.96 Å². The summed E-state index contributed by atoms with van der Waals surface area (Å²) in [6, 6.07) is 0. The molecule has 3 N–H and O–H groups in total. The average Bonchev–Trinajstić information content (AvgIpc) is 2.38. The van der Waals surface area contributed by atoms with E-state index in [-0.39, 0.29) is 0 Å². The normalized spacial score (nSPS) is 22.2. The van der Waals surface area contributed by atoms with E-state index in [2.05, 4.69) is 15.2 Å². The summed E-state index contributed by atoms with van der Waals surface area (Å²) in [6.45, 7) is 6.95. The SMILES string of the molecule is NC(=NCC1CCC1)NCCCCN1CCOCC1. The van der Waals surface area contributed by atoms with Gasteiger partial charge in [0.05, 0.1) is 13.2 Å². The highest BCUT2D eigenvalue weighted by Crippen LogP contribution is 2.26. The molecule has 0 unspecified atom stereocenters. The molecule has 1 heterocycles. The van der Waals surface area contributed by atoms with Crippen LogP contribution in [0, 0.1) is 5.92 Å². The maximum atomic E-state index is 5.84. The molecular weight excluding hydrogens is 240 g/mol. The summed E-state index contributed by atoms with van der Waals surface area (Å²) in [5.74, 6) is 1.42. The Labute approximate surface area is 116 Å². The number of aliphatic imine (C=N–C) groups is 1. The van der Waals surface area contributed by atoms with Crippen LogP contribution >= 0.6 is 0 Å². The molecule has 1 aliphatic heterocycles. The highest BCUT2D eigenvalue weighted by molar-refractivity contribution is 5.77. The maximum Gasteiger partial charge on any atom is 0.188 e. The quantitative estimate of drug-likeness (QED) is 0.407. The summed E-state index contributed by atoms with van der Waals surface area (Å²) < 4.78 is 5.33. The van der Waals surface area contributed by atoms with E-state index in [0.717, 1.165) is 51.7 Å². The van der Waals surface area contributed by atoms with Gasteiger partial charge in [0, 0.05) is 26.2 Å². The van der Waals surface area contributed by atoms with Crippen LogP contribution in [0.1, 0.15) is 32.1 Å². The zero-order valence-corrected chi connectivity index (χ0v) is 11.9. The molecule has 1 saturated heterocycles. The number of ether oxygens (including phenoxy) is 1. The number of rotatable bonds is 7. The van der Waals surface area contributed by atoms with Crippen molar-refractivity contribution in [1.82, 2.24) is 10.2 Å². The van der Waals surface area contributed by atoms with Gasteiger partial charge >= 0.3 is 0 Å². The van der Waals surface area contributed by atoms with Crippen LogP contribution in [0.25, 0.3) is 0 Å². The van der Waals surface area contributed by atoms with Crippen molar-refractivity contribution in [1.29, 1.82) is 0 Å². The Hall–Kier alpha value is -0.810. The first-order valence-corrected chi connectivity index (χ1v) is 7.68. The second-order valence-electron chi connectivity index (χ2n) is 5.61. The highest BCUT2D eigenvalue weighted by Gasteiger charge is 2.16. The molecule has 0 amide bonds. The van der Waals surface area contributed by atoms with Crippen molar-refractivity contribution in [3.8, 4) is 0 Å². The highest BCUT2D eigenvalue weighted by atomic mass is 16.5. The van der Waals surface area contributed by atoms with E-state index in [1.807, 2.05) is 0 Å². The lowest BCUT2D eigenvalue weighted by molar-refractivity contribution is 0.0372. The molecule has 0 aromatic carbocycles. The molecule has 0 atom stereocenters. The number of hydrogen-bond acceptors (Lipinski definition) is 3. The molecular formula is C14H28N4O. The molecule has 1 saturated carbocycles. The van der Waals surface area contributed by atoms with Crippen LogP contribution in [0.2, 0.25) is 0 Å². The van der Waals surface area contributed by atoms with Crippen molar-refractivity contribution in [3.05, 3.63) is 0 Å². The van der Waals surface area contributed by atoms with E-state index in [4.69, 9.17) is 10.5 Å². The minimum Gasteiger partial charge on any atom is -0.379 e. The van der Waals surface area contributed by atoms with Gasteiger partial charge in [0.2, 0.25) is 0 Å². The summed E-state index contributed by atoms with van der Waals surface area (Å²) in [6.07, 6.45) is 6.39. The Kier molecular flexibility index (Phi) is 6.44. The predicted octanol–water partition coefficient (Wildman–Crippen LogP) is 0.803. The van der Waals surface area contributed by atoms with Crippen molar-refractivity contribution in [2.24, 2.45) is 16.6 Å². The molecule has 110 valence electrons. The van der Waals surface area contributed by atoms with Gasteiger partial charge in [0.25, 0.3) is 0 Å². The Morgan fingerprint density at radius 1 is 1.26 bits per heavy atom. The van der Waals surface area contributed by atoms with E-state index in [1.165, 1.54) is 32.2 Å². The Balaban J connectivity index is 1.44. The average molecular weight is 268 g/mol. The lowest BCUT2D eigenvalue weighted by Gasteiger charge is -2.26. The number of morpholine rings is 1. The fourth-order valence-electron chi connectivity index (χ4n) is 2.46. The number of unbranched alkanes of at least 4 members (excludes halogenated alkanes) is 1. The van der Waals surface area contributed by atoms with Gasteiger partial charge in [0.1, 0.15) is 0 Å². The summed E-state index contributed by atoms with van der Waals surface area (Å²) >= 11 is 0. The van der Waals surface area contributed by atoms with Crippen molar-refractivity contribution < 1.29 is 4.74 Å². The number of nitrogens with zero attached hydrogens (tertiary/aromatic N) is 2. The van der Waals surface area contributed by atoms with Gasteiger partial charge in [-0.25, -0.2) is 0 Å². The molecule has 0 aromatic heterocycles. The second-order valence-corrected chi connectivity index (χ2v) is 5.61.